The molecule has 1 unspecified atom stereocenters. The molecule has 0 saturated carbocycles. The van der Waals surface area contributed by atoms with Gasteiger partial charge >= 0.3 is 0 Å². The first-order valence-electron chi connectivity index (χ1n) is 7.37. The largest absolute Gasteiger partial charge is 0.385 e. The highest BCUT2D eigenvalue weighted by atomic mass is 16.5. The molecular weight excluding hydrogens is 252 g/mol. The van der Waals surface area contributed by atoms with E-state index in [2.05, 4.69) is 12.2 Å². The Morgan fingerprint density at radius 2 is 2.30 bits per heavy atom. The van der Waals surface area contributed by atoms with Gasteiger partial charge in [0.2, 0.25) is 0 Å². The van der Waals surface area contributed by atoms with Gasteiger partial charge in [-0.2, -0.15) is 0 Å². The predicted octanol–water partition coefficient (Wildman–Crippen LogP) is 2.68. The quantitative estimate of drug-likeness (QED) is 0.923. The molecule has 1 aromatic carbocycles. The molecule has 1 N–H and O–H groups in total. The maximum absolute atomic E-state index is 12.6. The zero-order valence-corrected chi connectivity index (χ0v) is 12.6. The summed E-state index contributed by atoms with van der Waals surface area (Å²) in [5.41, 5.74) is 2.96. The second kappa shape index (κ2) is 6.75. The van der Waals surface area contributed by atoms with E-state index in [0.717, 1.165) is 42.9 Å². The lowest BCUT2D eigenvalue weighted by Crippen LogP contribution is -2.35. The van der Waals surface area contributed by atoms with Crippen LogP contribution in [0.15, 0.2) is 18.2 Å². The zero-order valence-electron chi connectivity index (χ0n) is 12.6. The summed E-state index contributed by atoms with van der Waals surface area (Å²) in [4.78, 5) is 14.5. The third-order valence-corrected chi connectivity index (χ3v) is 3.58. The number of hydrogen-bond acceptors (Lipinski definition) is 3. The van der Waals surface area contributed by atoms with Crippen LogP contribution < -0.4 is 5.32 Å². The number of carbonyl (C=O) groups is 1. The molecule has 1 aliphatic heterocycles. The van der Waals surface area contributed by atoms with E-state index in [9.17, 15) is 4.79 Å². The van der Waals surface area contributed by atoms with Gasteiger partial charge in [-0.05, 0) is 51.0 Å². The minimum Gasteiger partial charge on any atom is -0.385 e. The van der Waals surface area contributed by atoms with Crippen LogP contribution in [0, 0.1) is 6.92 Å². The van der Waals surface area contributed by atoms with Crippen molar-refractivity contribution >= 4 is 11.6 Å². The molecule has 1 amide bonds. The van der Waals surface area contributed by atoms with Crippen molar-refractivity contribution in [2.45, 2.75) is 33.3 Å². The number of amides is 1. The fraction of sp³-hybridized carbons (Fsp3) is 0.562. The minimum absolute atomic E-state index is 0.105. The van der Waals surface area contributed by atoms with E-state index in [1.807, 2.05) is 36.9 Å². The van der Waals surface area contributed by atoms with E-state index in [0.29, 0.717) is 6.54 Å². The first-order chi connectivity index (χ1) is 9.61. The molecule has 4 nitrogen and oxygen atoms in total. The number of nitrogens with one attached hydrogen (secondary N) is 1. The zero-order chi connectivity index (χ0) is 14.5. The Morgan fingerprint density at radius 1 is 1.50 bits per heavy atom. The van der Waals surface area contributed by atoms with Gasteiger partial charge in [0.05, 0.1) is 6.10 Å². The molecule has 0 radical (unpaired) electrons. The van der Waals surface area contributed by atoms with E-state index in [1.165, 1.54) is 0 Å². The number of carbonyl (C=O) groups excluding carboxylic acids is 1. The van der Waals surface area contributed by atoms with Crippen LogP contribution in [0.5, 0.6) is 0 Å². The van der Waals surface area contributed by atoms with Gasteiger partial charge in [0.25, 0.3) is 5.91 Å². The molecule has 110 valence electrons. The summed E-state index contributed by atoms with van der Waals surface area (Å²) in [5.74, 6) is 0.105. The predicted molar refractivity (Wildman–Crippen MR) is 81.3 cm³/mol. The highest BCUT2D eigenvalue weighted by molar-refractivity contribution is 5.95. The third-order valence-electron chi connectivity index (χ3n) is 3.58. The van der Waals surface area contributed by atoms with Crippen molar-refractivity contribution in [2.24, 2.45) is 0 Å². The number of anilines is 1. The van der Waals surface area contributed by atoms with E-state index in [4.69, 9.17) is 4.74 Å². The molecule has 2 rings (SSSR count). The normalized spacial score (nSPS) is 19.6. The SMILES string of the molecule is CCNc1ccc(C(=O)N2CCCOC(C)C2)cc1C. The lowest BCUT2D eigenvalue weighted by Gasteiger charge is -2.22. The number of benzene rings is 1. The van der Waals surface area contributed by atoms with Crippen molar-refractivity contribution in [3.8, 4) is 0 Å². The van der Waals surface area contributed by atoms with Crippen LogP contribution in [0.4, 0.5) is 5.69 Å². The third kappa shape index (κ3) is 3.51. The van der Waals surface area contributed by atoms with Gasteiger partial charge < -0.3 is 15.0 Å². The van der Waals surface area contributed by atoms with E-state index < -0.39 is 0 Å². The Hall–Kier alpha value is -1.55. The Labute approximate surface area is 121 Å². The van der Waals surface area contributed by atoms with Gasteiger partial charge in [0, 0.05) is 37.5 Å². The summed E-state index contributed by atoms with van der Waals surface area (Å²) in [5, 5.41) is 3.29. The Balaban J connectivity index is 2.13. The summed E-state index contributed by atoms with van der Waals surface area (Å²) in [6.45, 7) is 9.19. The average Bonchev–Trinajstić information content (AvgIpc) is 2.65. The number of rotatable bonds is 3. The molecule has 1 heterocycles. The van der Waals surface area contributed by atoms with Crippen molar-refractivity contribution in [1.29, 1.82) is 0 Å². The summed E-state index contributed by atoms with van der Waals surface area (Å²) < 4.78 is 5.59. The average molecular weight is 276 g/mol. The topological polar surface area (TPSA) is 41.6 Å². The first kappa shape index (κ1) is 14.9. The summed E-state index contributed by atoms with van der Waals surface area (Å²) >= 11 is 0. The molecular formula is C16H24N2O2. The van der Waals surface area contributed by atoms with Crippen LogP contribution in [-0.2, 0) is 4.74 Å². The van der Waals surface area contributed by atoms with Crippen molar-refractivity contribution in [3.05, 3.63) is 29.3 Å². The van der Waals surface area contributed by atoms with Crippen molar-refractivity contribution in [3.63, 3.8) is 0 Å². The van der Waals surface area contributed by atoms with Crippen molar-refractivity contribution in [2.75, 3.05) is 31.6 Å². The lowest BCUT2D eigenvalue weighted by molar-refractivity contribution is 0.0562. The van der Waals surface area contributed by atoms with Crippen molar-refractivity contribution in [1.82, 2.24) is 4.90 Å². The summed E-state index contributed by atoms with van der Waals surface area (Å²) in [6, 6.07) is 5.87. The number of hydrogen-bond donors (Lipinski definition) is 1. The number of ether oxygens (including phenoxy) is 1. The highest BCUT2D eigenvalue weighted by Gasteiger charge is 2.21. The Kier molecular flexibility index (Phi) is 5.01. The maximum atomic E-state index is 12.6. The second-order valence-electron chi connectivity index (χ2n) is 5.35. The van der Waals surface area contributed by atoms with Crippen LogP contribution in [-0.4, -0.2) is 43.2 Å². The molecule has 1 saturated heterocycles. The van der Waals surface area contributed by atoms with Crippen LogP contribution in [0.25, 0.3) is 0 Å². The number of aryl methyl sites for hydroxylation is 1. The van der Waals surface area contributed by atoms with Gasteiger partial charge in [-0.25, -0.2) is 0 Å². The van der Waals surface area contributed by atoms with E-state index >= 15 is 0 Å². The maximum Gasteiger partial charge on any atom is 0.253 e. The molecule has 1 aliphatic rings. The molecule has 1 atom stereocenters. The van der Waals surface area contributed by atoms with E-state index in [1.54, 1.807) is 0 Å². The lowest BCUT2D eigenvalue weighted by atomic mass is 10.1. The van der Waals surface area contributed by atoms with Crippen molar-refractivity contribution < 1.29 is 9.53 Å². The second-order valence-corrected chi connectivity index (χ2v) is 5.35. The molecule has 0 aromatic heterocycles. The molecule has 1 fully saturated rings. The fourth-order valence-electron chi connectivity index (χ4n) is 2.55. The molecule has 20 heavy (non-hydrogen) atoms. The van der Waals surface area contributed by atoms with Crippen LogP contribution in [0.1, 0.15) is 36.2 Å². The van der Waals surface area contributed by atoms with Crippen LogP contribution >= 0.6 is 0 Å². The van der Waals surface area contributed by atoms with Gasteiger partial charge in [-0.15, -0.1) is 0 Å². The molecule has 1 aromatic rings. The highest BCUT2D eigenvalue weighted by Crippen LogP contribution is 2.18. The molecule has 4 heteroatoms. The Morgan fingerprint density at radius 3 is 3.00 bits per heavy atom. The monoisotopic (exact) mass is 276 g/mol. The van der Waals surface area contributed by atoms with E-state index in [-0.39, 0.29) is 12.0 Å². The molecule has 0 spiro atoms. The van der Waals surface area contributed by atoms with Crippen LogP contribution in [0.3, 0.4) is 0 Å². The summed E-state index contributed by atoms with van der Waals surface area (Å²) in [6.07, 6.45) is 1.02. The number of nitrogens with zero attached hydrogens (tertiary/aromatic N) is 1. The summed E-state index contributed by atoms with van der Waals surface area (Å²) in [7, 11) is 0. The van der Waals surface area contributed by atoms with Crippen LogP contribution in [0.2, 0.25) is 0 Å². The smallest absolute Gasteiger partial charge is 0.253 e. The molecule has 0 aliphatic carbocycles. The standard InChI is InChI=1S/C16H24N2O2/c1-4-17-15-7-6-14(10-12(15)2)16(19)18-8-5-9-20-13(3)11-18/h6-7,10,13,17H,4-5,8-9,11H2,1-3H3. The first-order valence-corrected chi connectivity index (χ1v) is 7.37. The van der Waals surface area contributed by atoms with Gasteiger partial charge in [0.1, 0.15) is 0 Å². The minimum atomic E-state index is 0.105. The van der Waals surface area contributed by atoms with Gasteiger partial charge in [-0.1, -0.05) is 0 Å². The molecule has 0 bridgehead atoms. The Bertz CT molecular complexity index is 474. The van der Waals surface area contributed by atoms with Gasteiger partial charge in [0.15, 0.2) is 0 Å². The van der Waals surface area contributed by atoms with Gasteiger partial charge in [-0.3, -0.25) is 4.79 Å². The fourth-order valence-corrected chi connectivity index (χ4v) is 2.55.